The molecule has 0 bridgehead atoms. The zero-order valence-corrected chi connectivity index (χ0v) is 17.6. The quantitative estimate of drug-likeness (QED) is 0.531. The molecule has 3 aromatic rings. The SMILES string of the molecule is COC(=O)c1c(NC(=O)c2ccc(C)c(C)c2)sc(C)c1-c1cccc(Cl)c1. The van der Waals surface area contributed by atoms with Gasteiger partial charge in [-0.05, 0) is 61.7 Å². The Bertz CT molecular complexity index is 1070. The van der Waals surface area contributed by atoms with Crippen LogP contribution in [0.4, 0.5) is 5.00 Å². The Morgan fingerprint density at radius 2 is 1.79 bits per heavy atom. The maximum Gasteiger partial charge on any atom is 0.341 e. The molecule has 0 saturated carbocycles. The van der Waals surface area contributed by atoms with E-state index in [4.69, 9.17) is 16.3 Å². The van der Waals surface area contributed by atoms with E-state index < -0.39 is 5.97 Å². The predicted molar refractivity (Wildman–Crippen MR) is 115 cm³/mol. The second-order valence-corrected chi connectivity index (χ2v) is 8.15. The number of anilines is 1. The number of hydrogen-bond acceptors (Lipinski definition) is 4. The predicted octanol–water partition coefficient (Wildman–Crippen LogP) is 6.03. The lowest BCUT2D eigenvalue weighted by Gasteiger charge is -2.09. The highest BCUT2D eigenvalue weighted by atomic mass is 35.5. The van der Waals surface area contributed by atoms with E-state index in [2.05, 4.69) is 5.32 Å². The summed E-state index contributed by atoms with van der Waals surface area (Å²) in [5, 5.41) is 3.91. The molecule has 0 saturated heterocycles. The number of carbonyl (C=O) groups excluding carboxylic acids is 2. The van der Waals surface area contributed by atoms with Gasteiger partial charge in [-0.3, -0.25) is 4.79 Å². The average Bonchev–Trinajstić information content (AvgIpc) is 2.99. The van der Waals surface area contributed by atoms with Crippen LogP contribution in [-0.2, 0) is 4.74 Å². The van der Waals surface area contributed by atoms with Gasteiger partial charge in [0.25, 0.3) is 5.91 Å². The monoisotopic (exact) mass is 413 g/mol. The molecule has 28 heavy (non-hydrogen) atoms. The van der Waals surface area contributed by atoms with Gasteiger partial charge >= 0.3 is 5.97 Å². The number of carbonyl (C=O) groups is 2. The molecule has 0 aliphatic rings. The highest BCUT2D eigenvalue weighted by Gasteiger charge is 2.25. The van der Waals surface area contributed by atoms with Crippen molar-refractivity contribution in [3.8, 4) is 11.1 Å². The van der Waals surface area contributed by atoms with Crippen LogP contribution in [0.3, 0.4) is 0 Å². The summed E-state index contributed by atoms with van der Waals surface area (Å²) in [7, 11) is 1.33. The van der Waals surface area contributed by atoms with Crippen LogP contribution in [0.1, 0.15) is 36.7 Å². The molecule has 1 amide bonds. The fourth-order valence-electron chi connectivity index (χ4n) is 2.98. The standard InChI is InChI=1S/C22H20ClNO3S/c1-12-8-9-16(10-13(12)2)20(25)24-21-19(22(26)27-4)18(14(3)28-21)15-6-5-7-17(23)11-15/h5-11H,1-4H3,(H,24,25). The molecule has 2 aromatic carbocycles. The van der Waals surface area contributed by atoms with Gasteiger partial charge < -0.3 is 10.1 Å². The van der Waals surface area contributed by atoms with Crippen LogP contribution in [0.25, 0.3) is 11.1 Å². The Balaban J connectivity index is 2.06. The van der Waals surface area contributed by atoms with Crippen LogP contribution in [0.15, 0.2) is 42.5 Å². The highest BCUT2D eigenvalue weighted by molar-refractivity contribution is 7.17. The molecule has 3 rings (SSSR count). The maximum absolute atomic E-state index is 12.8. The Labute approximate surface area is 173 Å². The van der Waals surface area contributed by atoms with Crippen molar-refractivity contribution >= 4 is 39.8 Å². The number of hydrogen-bond donors (Lipinski definition) is 1. The Hall–Kier alpha value is -2.63. The molecule has 4 nitrogen and oxygen atoms in total. The lowest BCUT2D eigenvalue weighted by molar-refractivity contribution is 0.0603. The minimum atomic E-state index is -0.505. The molecular weight excluding hydrogens is 394 g/mol. The molecule has 0 fully saturated rings. The third kappa shape index (κ3) is 3.96. The minimum absolute atomic E-state index is 0.271. The molecule has 0 spiro atoms. The summed E-state index contributed by atoms with van der Waals surface area (Å²) >= 11 is 7.47. The van der Waals surface area contributed by atoms with Gasteiger partial charge in [-0.2, -0.15) is 0 Å². The number of halogens is 1. The summed E-state index contributed by atoms with van der Waals surface area (Å²) in [6.07, 6.45) is 0. The highest BCUT2D eigenvalue weighted by Crippen LogP contribution is 2.41. The van der Waals surface area contributed by atoms with Gasteiger partial charge in [-0.1, -0.05) is 29.8 Å². The van der Waals surface area contributed by atoms with E-state index in [1.54, 1.807) is 18.2 Å². The molecule has 1 heterocycles. The average molecular weight is 414 g/mol. The van der Waals surface area contributed by atoms with Crippen molar-refractivity contribution < 1.29 is 14.3 Å². The smallest absolute Gasteiger partial charge is 0.341 e. The zero-order valence-electron chi connectivity index (χ0n) is 16.1. The number of ether oxygens (including phenoxy) is 1. The minimum Gasteiger partial charge on any atom is -0.465 e. The summed E-state index contributed by atoms with van der Waals surface area (Å²) in [5.74, 6) is -0.776. The van der Waals surface area contributed by atoms with Crippen LogP contribution in [0.5, 0.6) is 0 Å². The summed E-state index contributed by atoms with van der Waals surface area (Å²) in [6, 6.07) is 12.8. The molecule has 0 aliphatic carbocycles. The molecule has 0 radical (unpaired) electrons. The Kier molecular flexibility index (Phi) is 5.87. The fourth-order valence-corrected chi connectivity index (χ4v) is 4.23. The van der Waals surface area contributed by atoms with Gasteiger partial charge in [0.15, 0.2) is 0 Å². The molecule has 0 unspecified atom stereocenters. The topological polar surface area (TPSA) is 55.4 Å². The van der Waals surface area contributed by atoms with Crippen molar-refractivity contribution in [3.05, 3.63) is 74.6 Å². The number of amides is 1. The van der Waals surface area contributed by atoms with Gasteiger partial charge in [0.1, 0.15) is 10.6 Å². The molecule has 1 aromatic heterocycles. The van der Waals surface area contributed by atoms with Crippen molar-refractivity contribution in [2.45, 2.75) is 20.8 Å². The molecular formula is C22H20ClNO3S. The van der Waals surface area contributed by atoms with E-state index in [9.17, 15) is 9.59 Å². The molecule has 0 aliphatic heterocycles. The molecule has 144 valence electrons. The van der Waals surface area contributed by atoms with E-state index in [0.717, 1.165) is 27.1 Å². The van der Waals surface area contributed by atoms with Crippen LogP contribution in [-0.4, -0.2) is 19.0 Å². The number of aryl methyl sites for hydroxylation is 3. The summed E-state index contributed by atoms with van der Waals surface area (Å²) in [6.45, 7) is 5.85. The lowest BCUT2D eigenvalue weighted by atomic mass is 10.0. The normalized spacial score (nSPS) is 10.6. The Morgan fingerprint density at radius 3 is 2.43 bits per heavy atom. The number of methoxy groups -OCH3 is 1. The maximum atomic E-state index is 12.8. The first kappa shape index (κ1) is 20.1. The number of thiophene rings is 1. The van der Waals surface area contributed by atoms with E-state index in [-0.39, 0.29) is 5.91 Å². The van der Waals surface area contributed by atoms with E-state index in [1.165, 1.54) is 18.4 Å². The zero-order chi connectivity index (χ0) is 20.4. The van der Waals surface area contributed by atoms with Crippen LogP contribution in [0.2, 0.25) is 5.02 Å². The van der Waals surface area contributed by atoms with E-state index in [0.29, 0.717) is 21.2 Å². The number of benzene rings is 2. The van der Waals surface area contributed by atoms with Gasteiger partial charge in [-0.25, -0.2) is 4.79 Å². The first-order valence-electron chi connectivity index (χ1n) is 8.68. The molecule has 1 N–H and O–H groups in total. The summed E-state index contributed by atoms with van der Waals surface area (Å²) < 4.78 is 4.99. The van der Waals surface area contributed by atoms with Crippen LogP contribution in [0, 0.1) is 20.8 Å². The van der Waals surface area contributed by atoms with Crippen molar-refractivity contribution in [3.63, 3.8) is 0 Å². The van der Waals surface area contributed by atoms with Crippen molar-refractivity contribution in [1.29, 1.82) is 0 Å². The van der Waals surface area contributed by atoms with E-state index >= 15 is 0 Å². The van der Waals surface area contributed by atoms with Crippen molar-refractivity contribution in [1.82, 2.24) is 0 Å². The fraction of sp³-hybridized carbons (Fsp3) is 0.182. The second kappa shape index (κ2) is 8.17. The van der Waals surface area contributed by atoms with Gasteiger partial charge in [-0.15, -0.1) is 11.3 Å². The number of nitrogens with one attached hydrogen (secondary N) is 1. The summed E-state index contributed by atoms with van der Waals surface area (Å²) in [4.78, 5) is 26.2. The second-order valence-electron chi connectivity index (χ2n) is 6.49. The molecule has 0 atom stereocenters. The van der Waals surface area contributed by atoms with E-state index in [1.807, 2.05) is 45.0 Å². The Morgan fingerprint density at radius 1 is 1.04 bits per heavy atom. The summed E-state index contributed by atoms with van der Waals surface area (Å²) in [5.41, 5.74) is 4.53. The first-order valence-corrected chi connectivity index (χ1v) is 9.87. The first-order chi connectivity index (χ1) is 13.3. The number of rotatable bonds is 4. The van der Waals surface area contributed by atoms with Crippen LogP contribution >= 0.6 is 22.9 Å². The lowest BCUT2D eigenvalue weighted by Crippen LogP contribution is -2.14. The van der Waals surface area contributed by atoms with Crippen molar-refractivity contribution in [2.75, 3.05) is 12.4 Å². The third-order valence-electron chi connectivity index (χ3n) is 4.58. The molecule has 6 heteroatoms. The van der Waals surface area contributed by atoms with Crippen LogP contribution < -0.4 is 5.32 Å². The van der Waals surface area contributed by atoms with Gasteiger partial charge in [0.05, 0.1) is 7.11 Å². The third-order valence-corrected chi connectivity index (χ3v) is 5.84. The van der Waals surface area contributed by atoms with Crippen molar-refractivity contribution in [2.24, 2.45) is 0 Å². The van der Waals surface area contributed by atoms with Gasteiger partial charge in [0.2, 0.25) is 0 Å². The largest absolute Gasteiger partial charge is 0.465 e. The number of esters is 1. The van der Waals surface area contributed by atoms with Gasteiger partial charge in [0, 0.05) is 21.0 Å².